The van der Waals surface area contributed by atoms with Crippen molar-refractivity contribution < 1.29 is 18.3 Å². The minimum absolute atomic E-state index is 0.0144. The van der Waals surface area contributed by atoms with Crippen LogP contribution < -0.4 is 0 Å². The van der Waals surface area contributed by atoms with Gasteiger partial charge in [-0.3, -0.25) is 9.25 Å². The second kappa shape index (κ2) is 6.02. The molecule has 0 spiro atoms. The van der Waals surface area contributed by atoms with Crippen molar-refractivity contribution in [1.29, 1.82) is 0 Å². The van der Waals surface area contributed by atoms with Crippen LogP contribution in [-0.4, -0.2) is 24.4 Å². The highest BCUT2D eigenvalue weighted by Gasteiger charge is 2.26. The van der Waals surface area contributed by atoms with Crippen LogP contribution in [0.4, 0.5) is 13.2 Å². The lowest BCUT2D eigenvalue weighted by Gasteiger charge is -2.12. The molecular weight excluding hydrogens is 381 g/mol. The fraction of sp³-hybridized carbons (Fsp3) is 0.111. The molecule has 0 aliphatic rings. The predicted octanol–water partition coefficient (Wildman–Crippen LogP) is 4.51. The van der Waals surface area contributed by atoms with Crippen molar-refractivity contribution in [2.75, 3.05) is 0 Å². The summed E-state index contributed by atoms with van der Waals surface area (Å²) in [5.41, 5.74) is 0.879. The largest absolute Gasteiger partial charge is 0.508 e. The Bertz CT molecular complexity index is 1190. The summed E-state index contributed by atoms with van der Waals surface area (Å²) in [5.74, 6) is -2.65. The molecule has 5 nitrogen and oxygen atoms in total. The fourth-order valence-corrected chi connectivity index (χ4v) is 3.48. The number of hydrogen-bond acceptors (Lipinski definition) is 3. The van der Waals surface area contributed by atoms with E-state index in [4.69, 9.17) is 11.6 Å². The number of aryl methyl sites for hydroxylation is 2. The second-order valence-corrected chi connectivity index (χ2v) is 6.38. The second-order valence-electron chi connectivity index (χ2n) is 6.04. The quantitative estimate of drug-likeness (QED) is 0.546. The van der Waals surface area contributed by atoms with Gasteiger partial charge in [-0.2, -0.15) is 5.10 Å². The summed E-state index contributed by atoms with van der Waals surface area (Å²) in [6, 6.07) is 5.55. The number of nitrogens with zero attached hydrogens (tertiary/aromatic N) is 4. The van der Waals surface area contributed by atoms with Gasteiger partial charge in [0.25, 0.3) is 0 Å². The van der Waals surface area contributed by atoms with Crippen molar-refractivity contribution in [3.63, 3.8) is 0 Å². The maximum atomic E-state index is 14.5. The lowest BCUT2D eigenvalue weighted by molar-refractivity contribution is 0.461. The van der Waals surface area contributed by atoms with E-state index in [1.165, 1.54) is 27.4 Å². The molecule has 4 rings (SSSR count). The van der Waals surface area contributed by atoms with Crippen LogP contribution in [0.25, 0.3) is 28.0 Å². The van der Waals surface area contributed by atoms with Crippen LogP contribution in [0.2, 0.25) is 5.28 Å². The van der Waals surface area contributed by atoms with Gasteiger partial charge >= 0.3 is 0 Å². The van der Waals surface area contributed by atoms with Gasteiger partial charge in [-0.25, -0.2) is 18.2 Å². The average Bonchev–Trinajstić information content (AvgIpc) is 3.01. The molecule has 4 aromatic rings. The summed E-state index contributed by atoms with van der Waals surface area (Å²) in [5, 5.41) is 13.7. The molecule has 0 bridgehead atoms. The molecule has 0 unspecified atom stereocenters. The van der Waals surface area contributed by atoms with Gasteiger partial charge in [-0.05, 0) is 30.7 Å². The minimum Gasteiger partial charge on any atom is -0.508 e. The number of halogens is 4. The highest BCUT2D eigenvalue weighted by Crippen LogP contribution is 2.38. The summed E-state index contributed by atoms with van der Waals surface area (Å²) >= 11 is 6.26. The number of aromatic hydroxyl groups is 1. The van der Waals surface area contributed by atoms with E-state index in [2.05, 4.69) is 10.1 Å². The normalized spacial score (nSPS) is 11.5. The fourth-order valence-electron chi connectivity index (χ4n) is 3.22. The van der Waals surface area contributed by atoms with E-state index < -0.39 is 23.2 Å². The zero-order valence-corrected chi connectivity index (χ0v) is 14.9. The molecule has 138 valence electrons. The van der Waals surface area contributed by atoms with Crippen LogP contribution >= 0.6 is 11.6 Å². The molecule has 1 N–H and O–H groups in total. The summed E-state index contributed by atoms with van der Waals surface area (Å²) in [6.45, 7) is 1.59. The number of benzene rings is 2. The highest BCUT2D eigenvalue weighted by molar-refractivity contribution is 6.29. The Labute approximate surface area is 156 Å². The Morgan fingerprint density at radius 3 is 2.37 bits per heavy atom. The maximum absolute atomic E-state index is 14.5. The van der Waals surface area contributed by atoms with E-state index in [0.29, 0.717) is 11.2 Å². The van der Waals surface area contributed by atoms with Crippen LogP contribution in [0.3, 0.4) is 0 Å². The first-order valence-electron chi connectivity index (χ1n) is 7.83. The van der Waals surface area contributed by atoms with Gasteiger partial charge in [-0.15, -0.1) is 0 Å². The van der Waals surface area contributed by atoms with Crippen molar-refractivity contribution in [2.24, 2.45) is 7.05 Å². The monoisotopic (exact) mass is 392 g/mol. The highest BCUT2D eigenvalue weighted by atomic mass is 35.5. The van der Waals surface area contributed by atoms with Crippen molar-refractivity contribution in [3.05, 3.63) is 58.8 Å². The van der Waals surface area contributed by atoms with Crippen LogP contribution in [0.5, 0.6) is 5.75 Å². The van der Waals surface area contributed by atoms with Crippen LogP contribution in [0.15, 0.2) is 30.3 Å². The summed E-state index contributed by atoms with van der Waals surface area (Å²) in [4.78, 5) is 4.11. The Balaban J connectivity index is 2.10. The van der Waals surface area contributed by atoms with E-state index in [-0.39, 0.29) is 27.7 Å². The SMILES string of the molecule is Cc1nn(C)c(-n2c(Cl)nc3cc(F)ccc32)c1-c1c(F)cc(O)cc1F. The number of hydrogen-bond donors (Lipinski definition) is 1. The molecule has 0 aliphatic heterocycles. The maximum Gasteiger partial charge on any atom is 0.209 e. The molecule has 2 aromatic heterocycles. The standard InChI is InChI=1S/C18H12ClF3N4O/c1-8-15(16-11(21)6-10(27)7-12(16)22)17(25(2)24-8)26-14-4-3-9(20)5-13(14)23-18(26)19/h3-7,27H,1-2H3. The zero-order valence-electron chi connectivity index (χ0n) is 14.1. The number of aromatic nitrogens is 4. The molecule has 0 aliphatic carbocycles. The first-order chi connectivity index (χ1) is 12.8. The summed E-state index contributed by atoms with van der Waals surface area (Å²) in [6.07, 6.45) is 0. The Hall–Kier alpha value is -3.00. The van der Waals surface area contributed by atoms with Crippen LogP contribution in [-0.2, 0) is 7.05 Å². The van der Waals surface area contributed by atoms with Crippen LogP contribution in [0.1, 0.15) is 5.69 Å². The average molecular weight is 393 g/mol. The van der Waals surface area contributed by atoms with Gasteiger partial charge in [0.1, 0.15) is 29.0 Å². The summed E-state index contributed by atoms with van der Waals surface area (Å²) in [7, 11) is 1.59. The van der Waals surface area contributed by atoms with E-state index in [1.54, 1.807) is 14.0 Å². The number of imidazole rings is 1. The Morgan fingerprint density at radius 2 is 1.70 bits per heavy atom. The Kier molecular flexibility index (Phi) is 3.88. The zero-order chi connectivity index (χ0) is 19.5. The lowest BCUT2D eigenvalue weighted by Crippen LogP contribution is -2.05. The molecule has 0 atom stereocenters. The number of fused-ring (bicyclic) bond motifs is 1. The van der Waals surface area contributed by atoms with Gasteiger partial charge in [0.05, 0.1) is 27.9 Å². The van der Waals surface area contributed by atoms with Gasteiger partial charge in [-0.1, -0.05) is 0 Å². The van der Waals surface area contributed by atoms with Gasteiger partial charge in [0, 0.05) is 25.2 Å². The van der Waals surface area contributed by atoms with E-state index in [1.807, 2.05) is 0 Å². The van der Waals surface area contributed by atoms with E-state index >= 15 is 0 Å². The molecule has 0 saturated heterocycles. The van der Waals surface area contributed by atoms with Crippen molar-refractivity contribution in [2.45, 2.75) is 6.92 Å². The number of phenols is 1. The molecule has 2 heterocycles. The third kappa shape index (κ3) is 2.64. The molecule has 0 fully saturated rings. The van der Waals surface area contributed by atoms with Gasteiger partial charge in [0.15, 0.2) is 0 Å². The third-order valence-electron chi connectivity index (χ3n) is 4.26. The predicted molar refractivity (Wildman–Crippen MR) is 94.6 cm³/mol. The van der Waals surface area contributed by atoms with Gasteiger partial charge < -0.3 is 5.11 Å². The molecule has 9 heteroatoms. The first-order valence-corrected chi connectivity index (χ1v) is 8.21. The minimum atomic E-state index is -0.948. The Morgan fingerprint density at radius 1 is 1.04 bits per heavy atom. The first kappa shape index (κ1) is 17.4. The number of rotatable bonds is 2. The molecule has 27 heavy (non-hydrogen) atoms. The van der Waals surface area contributed by atoms with Crippen molar-refractivity contribution in [3.8, 4) is 22.7 Å². The molecule has 0 saturated carbocycles. The van der Waals surface area contributed by atoms with Crippen LogP contribution in [0, 0.1) is 24.4 Å². The van der Waals surface area contributed by atoms with Gasteiger partial charge in [0.2, 0.25) is 5.28 Å². The number of phenolic OH excluding ortho intramolecular Hbond substituents is 1. The van der Waals surface area contributed by atoms with E-state index in [9.17, 15) is 18.3 Å². The van der Waals surface area contributed by atoms with E-state index in [0.717, 1.165) is 12.1 Å². The molecule has 0 radical (unpaired) electrons. The summed E-state index contributed by atoms with van der Waals surface area (Å²) < 4.78 is 45.4. The third-order valence-corrected chi connectivity index (χ3v) is 4.51. The lowest BCUT2D eigenvalue weighted by atomic mass is 10.0. The molecule has 2 aromatic carbocycles. The topological polar surface area (TPSA) is 55.9 Å². The molecular formula is C18H12ClF3N4O. The van der Waals surface area contributed by atoms with Crippen molar-refractivity contribution >= 4 is 22.6 Å². The molecule has 0 amide bonds. The van der Waals surface area contributed by atoms with Crippen molar-refractivity contribution in [1.82, 2.24) is 19.3 Å². The smallest absolute Gasteiger partial charge is 0.209 e.